The minimum absolute atomic E-state index is 0.243. The fourth-order valence-corrected chi connectivity index (χ4v) is 2.98. The lowest BCUT2D eigenvalue weighted by atomic mass is 10.0. The first kappa shape index (κ1) is 20.1. The maximum absolute atomic E-state index is 12.7. The third kappa shape index (κ3) is 4.29. The lowest BCUT2D eigenvalue weighted by molar-refractivity contribution is 0.0929. The van der Waals surface area contributed by atoms with Crippen molar-refractivity contribution >= 4 is 5.91 Å². The van der Waals surface area contributed by atoms with Crippen LogP contribution in [0.2, 0.25) is 0 Å². The number of nitrogens with zero attached hydrogens (tertiary/aromatic N) is 2. The van der Waals surface area contributed by atoms with Gasteiger partial charge in [0.2, 0.25) is 0 Å². The Labute approximate surface area is 168 Å². The second-order valence-electron chi connectivity index (χ2n) is 6.59. The van der Waals surface area contributed by atoms with Crippen molar-refractivity contribution in [3.05, 3.63) is 81.8 Å². The van der Waals surface area contributed by atoms with E-state index < -0.39 is 17.2 Å². The Bertz CT molecular complexity index is 1070. The van der Waals surface area contributed by atoms with Crippen molar-refractivity contribution in [2.75, 3.05) is 7.11 Å². The van der Waals surface area contributed by atoms with E-state index in [2.05, 4.69) is 17.3 Å². The van der Waals surface area contributed by atoms with Crippen LogP contribution in [0.3, 0.4) is 0 Å². The zero-order chi connectivity index (χ0) is 21.0. The highest BCUT2D eigenvalue weighted by atomic mass is 16.5. The standard InChI is InChI=1S/C22H23N3O4/c1-4-15-9-11-16(12-10-15)14(2)23-22(28)21-18(26)13-20(27)25(24-21)17-7-5-6-8-19(17)29-3/h5-14,26H,4H2,1-3H3,(H,23,28). The van der Waals surface area contributed by atoms with Gasteiger partial charge in [0.1, 0.15) is 11.4 Å². The summed E-state index contributed by atoms with van der Waals surface area (Å²) < 4.78 is 6.30. The van der Waals surface area contributed by atoms with Gasteiger partial charge in [-0.2, -0.15) is 9.78 Å². The van der Waals surface area contributed by atoms with E-state index in [0.717, 1.165) is 22.7 Å². The van der Waals surface area contributed by atoms with Crippen molar-refractivity contribution in [1.82, 2.24) is 15.1 Å². The first-order valence-electron chi connectivity index (χ1n) is 9.31. The van der Waals surface area contributed by atoms with Gasteiger partial charge in [-0.25, -0.2) is 0 Å². The molecule has 0 saturated carbocycles. The van der Waals surface area contributed by atoms with Crippen LogP contribution in [0.4, 0.5) is 0 Å². The number of hydrogen-bond donors (Lipinski definition) is 2. The largest absolute Gasteiger partial charge is 0.505 e. The third-order valence-corrected chi connectivity index (χ3v) is 4.68. The van der Waals surface area contributed by atoms with E-state index in [-0.39, 0.29) is 11.7 Å². The van der Waals surface area contributed by atoms with Crippen molar-refractivity contribution in [2.24, 2.45) is 0 Å². The molecule has 0 aliphatic heterocycles. The topological polar surface area (TPSA) is 93.5 Å². The van der Waals surface area contributed by atoms with Gasteiger partial charge in [-0.1, -0.05) is 43.3 Å². The van der Waals surface area contributed by atoms with Gasteiger partial charge in [0.15, 0.2) is 11.4 Å². The summed E-state index contributed by atoms with van der Waals surface area (Å²) in [5.41, 5.74) is 1.68. The number of aromatic nitrogens is 2. The van der Waals surface area contributed by atoms with Crippen LogP contribution in [0.15, 0.2) is 59.4 Å². The predicted molar refractivity (Wildman–Crippen MR) is 110 cm³/mol. The summed E-state index contributed by atoms with van der Waals surface area (Å²) in [5, 5.41) is 17.0. The number of rotatable bonds is 6. The molecule has 3 aromatic rings. The molecule has 1 unspecified atom stereocenters. The van der Waals surface area contributed by atoms with Crippen molar-refractivity contribution < 1.29 is 14.6 Å². The molecule has 7 heteroatoms. The van der Waals surface area contributed by atoms with E-state index in [0.29, 0.717) is 11.4 Å². The number of methoxy groups -OCH3 is 1. The highest BCUT2D eigenvalue weighted by molar-refractivity contribution is 5.94. The second kappa shape index (κ2) is 8.60. The molecule has 0 aliphatic carbocycles. The summed E-state index contributed by atoms with van der Waals surface area (Å²) in [6.07, 6.45) is 0.934. The zero-order valence-corrected chi connectivity index (χ0v) is 16.5. The third-order valence-electron chi connectivity index (χ3n) is 4.68. The number of aromatic hydroxyl groups is 1. The van der Waals surface area contributed by atoms with Gasteiger partial charge < -0.3 is 15.2 Å². The van der Waals surface area contributed by atoms with Gasteiger partial charge in [0, 0.05) is 6.07 Å². The van der Waals surface area contributed by atoms with Crippen LogP contribution in [-0.4, -0.2) is 27.9 Å². The van der Waals surface area contributed by atoms with Crippen molar-refractivity contribution in [3.63, 3.8) is 0 Å². The Hall–Kier alpha value is -3.61. The molecular weight excluding hydrogens is 370 g/mol. The summed E-state index contributed by atoms with van der Waals surface area (Å²) in [5.74, 6) is -0.645. The number of amides is 1. The van der Waals surface area contributed by atoms with Crippen LogP contribution < -0.4 is 15.6 Å². The molecule has 0 bridgehead atoms. The first-order chi connectivity index (χ1) is 13.9. The van der Waals surface area contributed by atoms with Crippen LogP contribution in [0.1, 0.15) is 41.5 Å². The molecule has 1 heterocycles. The average molecular weight is 393 g/mol. The maximum Gasteiger partial charge on any atom is 0.276 e. The molecule has 2 aromatic carbocycles. The SMILES string of the molecule is CCc1ccc(C(C)NC(=O)c2nn(-c3ccccc3OC)c(=O)cc2O)cc1. The van der Waals surface area contributed by atoms with Gasteiger partial charge in [-0.3, -0.25) is 9.59 Å². The summed E-state index contributed by atoms with van der Waals surface area (Å²) in [6.45, 7) is 3.91. The molecule has 1 aromatic heterocycles. The molecular formula is C22H23N3O4. The number of carbonyl (C=O) groups is 1. The Balaban J connectivity index is 1.91. The summed E-state index contributed by atoms with van der Waals surface area (Å²) >= 11 is 0. The number of nitrogens with one attached hydrogen (secondary N) is 1. The smallest absolute Gasteiger partial charge is 0.276 e. The monoisotopic (exact) mass is 393 g/mol. The minimum Gasteiger partial charge on any atom is -0.505 e. The fraction of sp³-hybridized carbons (Fsp3) is 0.227. The predicted octanol–water partition coefficient (Wildman–Crippen LogP) is 3.00. The van der Waals surface area contributed by atoms with Crippen molar-refractivity contribution in [3.8, 4) is 17.2 Å². The van der Waals surface area contributed by atoms with E-state index in [1.807, 2.05) is 31.2 Å². The van der Waals surface area contributed by atoms with Crippen molar-refractivity contribution in [1.29, 1.82) is 0 Å². The Kier molecular flexibility index (Phi) is 5.97. The molecule has 3 rings (SSSR count). The Morgan fingerprint density at radius 3 is 2.55 bits per heavy atom. The molecule has 7 nitrogen and oxygen atoms in total. The average Bonchev–Trinajstić information content (AvgIpc) is 2.73. The number of aryl methyl sites for hydroxylation is 1. The number of ether oxygens (including phenoxy) is 1. The highest BCUT2D eigenvalue weighted by Gasteiger charge is 2.20. The molecule has 150 valence electrons. The van der Waals surface area contributed by atoms with Gasteiger partial charge in [-0.15, -0.1) is 0 Å². The molecule has 1 amide bonds. The number of carbonyl (C=O) groups excluding carboxylic acids is 1. The summed E-state index contributed by atoms with van der Waals surface area (Å²) in [6, 6.07) is 15.4. The zero-order valence-electron chi connectivity index (χ0n) is 16.5. The van der Waals surface area contributed by atoms with Crippen LogP contribution >= 0.6 is 0 Å². The Morgan fingerprint density at radius 1 is 1.21 bits per heavy atom. The fourth-order valence-electron chi connectivity index (χ4n) is 2.98. The van der Waals surface area contributed by atoms with E-state index in [9.17, 15) is 14.7 Å². The molecule has 0 fully saturated rings. The highest BCUT2D eigenvalue weighted by Crippen LogP contribution is 2.22. The van der Waals surface area contributed by atoms with Crippen LogP contribution in [0.5, 0.6) is 11.5 Å². The lowest BCUT2D eigenvalue weighted by Gasteiger charge is -2.16. The molecule has 0 saturated heterocycles. The first-order valence-corrected chi connectivity index (χ1v) is 9.31. The van der Waals surface area contributed by atoms with Crippen molar-refractivity contribution in [2.45, 2.75) is 26.3 Å². The van der Waals surface area contributed by atoms with Gasteiger partial charge >= 0.3 is 0 Å². The van der Waals surface area contributed by atoms with Gasteiger partial charge in [-0.05, 0) is 36.6 Å². The molecule has 29 heavy (non-hydrogen) atoms. The molecule has 0 spiro atoms. The number of hydrogen-bond acceptors (Lipinski definition) is 5. The van der Waals surface area contributed by atoms with Crippen LogP contribution in [-0.2, 0) is 6.42 Å². The van der Waals surface area contributed by atoms with E-state index in [4.69, 9.17) is 4.74 Å². The quantitative estimate of drug-likeness (QED) is 0.672. The summed E-state index contributed by atoms with van der Waals surface area (Å²) in [4.78, 5) is 25.1. The number of benzene rings is 2. The normalized spacial score (nSPS) is 11.7. The second-order valence-corrected chi connectivity index (χ2v) is 6.59. The van der Waals surface area contributed by atoms with Crippen LogP contribution in [0.25, 0.3) is 5.69 Å². The van der Waals surface area contributed by atoms with E-state index in [1.165, 1.54) is 12.7 Å². The van der Waals surface area contributed by atoms with Gasteiger partial charge in [0.25, 0.3) is 11.5 Å². The summed E-state index contributed by atoms with van der Waals surface area (Å²) in [7, 11) is 1.48. The lowest BCUT2D eigenvalue weighted by Crippen LogP contribution is -2.31. The van der Waals surface area contributed by atoms with Crippen LogP contribution in [0, 0.1) is 0 Å². The number of para-hydroxylation sites is 2. The molecule has 0 aliphatic rings. The maximum atomic E-state index is 12.7. The molecule has 2 N–H and O–H groups in total. The minimum atomic E-state index is -0.585. The van der Waals surface area contributed by atoms with E-state index in [1.54, 1.807) is 24.3 Å². The molecule has 0 radical (unpaired) electrons. The Morgan fingerprint density at radius 2 is 1.90 bits per heavy atom. The van der Waals surface area contributed by atoms with Gasteiger partial charge in [0.05, 0.1) is 13.2 Å². The van der Waals surface area contributed by atoms with E-state index >= 15 is 0 Å². The molecule has 1 atom stereocenters.